The average Bonchev–Trinajstić information content (AvgIpc) is 3.34. The molecule has 0 saturated carbocycles. The summed E-state index contributed by atoms with van der Waals surface area (Å²) in [6, 6.07) is 27.0. The summed E-state index contributed by atoms with van der Waals surface area (Å²) in [4.78, 5) is 7.82. The number of rotatable bonds is 4. The summed E-state index contributed by atoms with van der Waals surface area (Å²) >= 11 is 10.2. The molecule has 2 heterocycles. The lowest BCUT2D eigenvalue weighted by Crippen LogP contribution is -2.12. The molecule has 142 valence electrons. The highest BCUT2D eigenvalue weighted by molar-refractivity contribution is 9.10. The lowest BCUT2D eigenvalue weighted by atomic mass is 9.97. The molecule has 29 heavy (non-hydrogen) atoms. The molecule has 3 aromatic carbocycles. The van der Waals surface area contributed by atoms with Crippen LogP contribution >= 0.6 is 27.5 Å². The highest BCUT2D eigenvalue weighted by Crippen LogP contribution is 2.38. The summed E-state index contributed by atoms with van der Waals surface area (Å²) in [6.45, 7) is 0. The molecule has 0 aliphatic heterocycles. The number of para-hydroxylation sites is 1. The Bertz CT molecular complexity index is 1270. The van der Waals surface area contributed by atoms with Gasteiger partial charge in [-0.2, -0.15) is 0 Å². The van der Waals surface area contributed by atoms with Gasteiger partial charge in [-0.15, -0.1) is 0 Å². The number of nitrogens with zero attached hydrogens (tertiary/aromatic N) is 2. The van der Waals surface area contributed by atoms with Crippen molar-refractivity contribution in [3.8, 4) is 11.3 Å². The summed E-state index contributed by atoms with van der Waals surface area (Å²) in [5, 5.41) is 1.62. The van der Waals surface area contributed by atoms with Crippen molar-refractivity contribution in [1.29, 1.82) is 0 Å². The molecule has 0 amide bonds. The van der Waals surface area contributed by atoms with Crippen molar-refractivity contribution < 1.29 is 0 Å². The van der Waals surface area contributed by atoms with Crippen LogP contribution in [-0.4, -0.2) is 14.5 Å². The van der Waals surface area contributed by atoms with Crippen LogP contribution in [0.5, 0.6) is 0 Å². The van der Waals surface area contributed by atoms with Gasteiger partial charge in [0.2, 0.25) is 0 Å². The van der Waals surface area contributed by atoms with E-state index in [-0.39, 0.29) is 6.04 Å². The molecule has 0 spiro atoms. The van der Waals surface area contributed by atoms with Gasteiger partial charge in [0.1, 0.15) is 0 Å². The van der Waals surface area contributed by atoms with Crippen molar-refractivity contribution in [2.75, 3.05) is 0 Å². The minimum atomic E-state index is -0.0482. The number of hydrogen-bond acceptors (Lipinski definition) is 1. The maximum Gasteiger partial charge on any atom is 0.155 e. The second-order valence-electron chi connectivity index (χ2n) is 6.90. The number of fused-ring (bicyclic) bond motifs is 1. The lowest BCUT2D eigenvalue weighted by Gasteiger charge is -2.22. The van der Waals surface area contributed by atoms with Gasteiger partial charge < -0.3 is 9.55 Å². The molecule has 1 N–H and O–H groups in total. The van der Waals surface area contributed by atoms with Gasteiger partial charge in [0.05, 0.1) is 18.1 Å². The van der Waals surface area contributed by atoms with E-state index in [1.165, 1.54) is 5.56 Å². The van der Waals surface area contributed by atoms with Crippen molar-refractivity contribution in [1.82, 2.24) is 14.5 Å². The standard InChI is InChI=1S/C24H17BrClN3/c25-18-12-10-17(11-13-18)22(16-6-2-1-3-7-16)29-15-28-24(26)23(29)20-14-27-21-9-5-4-8-19(20)21/h1-15,22,27H. The first-order valence-electron chi connectivity index (χ1n) is 9.31. The summed E-state index contributed by atoms with van der Waals surface area (Å²) in [7, 11) is 0. The van der Waals surface area contributed by atoms with Gasteiger partial charge in [0.25, 0.3) is 0 Å². The van der Waals surface area contributed by atoms with Crippen LogP contribution in [0.25, 0.3) is 22.2 Å². The molecule has 0 aliphatic carbocycles. The van der Waals surface area contributed by atoms with E-state index in [1.807, 2.05) is 30.7 Å². The van der Waals surface area contributed by atoms with Crippen molar-refractivity contribution in [3.05, 3.63) is 112 Å². The summed E-state index contributed by atoms with van der Waals surface area (Å²) in [5.74, 6) is 0. The number of aromatic nitrogens is 3. The Morgan fingerprint density at radius 1 is 0.862 bits per heavy atom. The van der Waals surface area contributed by atoms with Gasteiger partial charge in [-0.1, -0.05) is 88.2 Å². The normalized spacial score (nSPS) is 12.3. The highest BCUT2D eigenvalue weighted by Gasteiger charge is 2.23. The topological polar surface area (TPSA) is 33.6 Å². The first kappa shape index (κ1) is 18.2. The molecule has 3 nitrogen and oxygen atoms in total. The number of halogens is 2. The second kappa shape index (κ2) is 7.54. The molecule has 0 bridgehead atoms. The number of nitrogens with one attached hydrogen (secondary N) is 1. The molecular weight excluding hydrogens is 446 g/mol. The summed E-state index contributed by atoms with van der Waals surface area (Å²) in [6.07, 6.45) is 3.84. The van der Waals surface area contributed by atoms with Crippen LogP contribution in [0, 0.1) is 0 Å². The number of H-pyrrole nitrogens is 1. The zero-order chi connectivity index (χ0) is 19.8. The first-order chi connectivity index (χ1) is 14.2. The molecular formula is C24H17BrClN3. The predicted octanol–water partition coefficient (Wildman–Crippen LogP) is 7.09. The number of benzene rings is 3. The minimum absolute atomic E-state index is 0.0482. The van der Waals surface area contributed by atoms with E-state index in [4.69, 9.17) is 11.6 Å². The molecule has 5 rings (SSSR count). The maximum atomic E-state index is 6.63. The number of hydrogen-bond donors (Lipinski definition) is 1. The van der Waals surface area contributed by atoms with Gasteiger partial charge in [0.15, 0.2) is 5.15 Å². The van der Waals surface area contributed by atoms with E-state index >= 15 is 0 Å². The fourth-order valence-electron chi connectivity index (χ4n) is 3.85. The van der Waals surface area contributed by atoms with Gasteiger partial charge >= 0.3 is 0 Å². The fraction of sp³-hybridized carbons (Fsp3) is 0.0417. The van der Waals surface area contributed by atoms with E-state index in [9.17, 15) is 0 Å². The highest BCUT2D eigenvalue weighted by atomic mass is 79.9. The van der Waals surface area contributed by atoms with E-state index in [1.54, 1.807) is 0 Å². The monoisotopic (exact) mass is 461 g/mol. The van der Waals surface area contributed by atoms with E-state index in [2.05, 4.69) is 91.1 Å². The van der Waals surface area contributed by atoms with Crippen molar-refractivity contribution >= 4 is 38.4 Å². The van der Waals surface area contributed by atoms with Crippen LogP contribution in [-0.2, 0) is 0 Å². The summed E-state index contributed by atoms with van der Waals surface area (Å²) in [5.41, 5.74) is 5.35. The SMILES string of the molecule is Clc1ncn(C(c2ccccc2)c2ccc(Br)cc2)c1-c1c[nH]c2ccccc12. The quantitative estimate of drug-likeness (QED) is 0.304. The predicted molar refractivity (Wildman–Crippen MR) is 122 cm³/mol. The van der Waals surface area contributed by atoms with Crippen LogP contribution in [0.15, 0.2) is 95.9 Å². The third-order valence-electron chi connectivity index (χ3n) is 5.17. The summed E-state index contributed by atoms with van der Waals surface area (Å²) < 4.78 is 3.21. The van der Waals surface area contributed by atoms with E-state index in [0.29, 0.717) is 5.15 Å². The second-order valence-corrected chi connectivity index (χ2v) is 8.18. The van der Waals surface area contributed by atoms with Crippen LogP contribution < -0.4 is 0 Å². The van der Waals surface area contributed by atoms with Gasteiger partial charge in [-0.3, -0.25) is 0 Å². The van der Waals surface area contributed by atoms with Crippen LogP contribution in [0.3, 0.4) is 0 Å². The van der Waals surface area contributed by atoms with Gasteiger partial charge in [-0.25, -0.2) is 4.98 Å². The zero-order valence-electron chi connectivity index (χ0n) is 15.4. The van der Waals surface area contributed by atoms with Gasteiger partial charge in [0, 0.05) is 27.1 Å². The molecule has 0 radical (unpaired) electrons. The molecule has 0 aliphatic rings. The third kappa shape index (κ3) is 3.28. The molecule has 5 heteroatoms. The Morgan fingerprint density at radius 3 is 2.34 bits per heavy atom. The largest absolute Gasteiger partial charge is 0.360 e. The smallest absolute Gasteiger partial charge is 0.155 e. The van der Waals surface area contributed by atoms with Crippen molar-refractivity contribution in [2.24, 2.45) is 0 Å². The van der Waals surface area contributed by atoms with Crippen molar-refractivity contribution in [3.63, 3.8) is 0 Å². The Hall–Kier alpha value is -2.82. The molecule has 1 atom stereocenters. The van der Waals surface area contributed by atoms with Crippen molar-refractivity contribution in [2.45, 2.75) is 6.04 Å². The minimum Gasteiger partial charge on any atom is -0.360 e. The van der Waals surface area contributed by atoms with Crippen LogP contribution in [0.4, 0.5) is 0 Å². The maximum absolute atomic E-state index is 6.63. The Kier molecular flexibility index (Phi) is 4.74. The molecule has 0 saturated heterocycles. The molecule has 5 aromatic rings. The Balaban J connectivity index is 1.75. The van der Waals surface area contributed by atoms with Crippen LogP contribution in [0.2, 0.25) is 5.15 Å². The zero-order valence-corrected chi connectivity index (χ0v) is 17.7. The van der Waals surface area contributed by atoms with Gasteiger partial charge in [-0.05, 0) is 29.3 Å². The first-order valence-corrected chi connectivity index (χ1v) is 10.5. The molecule has 0 fully saturated rings. The average molecular weight is 463 g/mol. The lowest BCUT2D eigenvalue weighted by molar-refractivity contribution is 0.683. The molecule has 1 unspecified atom stereocenters. The van der Waals surface area contributed by atoms with Crippen LogP contribution in [0.1, 0.15) is 17.2 Å². The number of aromatic amines is 1. The number of imidazole rings is 1. The van der Waals surface area contributed by atoms with E-state index in [0.717, 1.165) is 32.2 Å². The molecule has 2 aromatic heterocycles. The third-order valence-corrected chi connectivity index (χ3v) is 5.98. The Labute approximate surface area is 182 Å². The Morgan fingerprint density at radius 2 is 1.55 bits per heavy atom. The van der Waals surface area contributed by atoms with E-state index < -0.39 is 0 Å². The fourth-order valence-corrected chi connectivity index (χ4v) is 4.35.